The van der Waals surface area contributed by atoms with Gasteiger partial charge in [0.2, 0.25) is 5.56 Å². The highest BCUT2D eigenvalue weighted by Gasteiger charge is 2.25. The number of esters is 1. The van der Waals surface area contributed by atoms with E-state index in [4.69, 9.17) is 4.74 Å². The number of carbonyl (C=O) groups excluding carboxylic acids is 1. The van der Waals surface area contributed by atoms with Crippen molar-refractivity contribution in [2.24, 2.45) is 0 Å². The summed E-state index contributed by atoms with van der Waals surface area (Å²) in [5.41, 5.74) is 6.72. The molecule has 0 unspecified atom stereocenters. The molecule has 0 saturated heterocycles. The molecule has 166 valence electrons. The third kappa shape index (κ3) is 4.08. The Hall–Kier alpha value is -2.96. The van der Waals surface area contributed by atoms with Crippen LogP contribution in [0.3, 0.4) is 0 Å². The Bertz CT molecular complexity index is 1210. The molecule has 0 fully saturated rings. The van der Waals surface area contributed by atoms with Crippen molar-refractivity contribution in [2.45, 2.75) is 57.6 Å². The third-order valence-corrected chi connectivity index (χ3v) is 6.70. The number of nitrogens with one attached hydrogen (secondary N) is 2. The summed E-state index contributed by atoms with van der Waals surface area (Å²) in [6.07, 6.45) is 6.16. The van der Waals surface area contributed by atoms with E-state index in [1.54, 1.807) is 18.2 Å². The minimum absolute atomic E-state index is 0.282. The first kappa shape index (κ1) is 20.9. The summed E-state index contributed by atoms with van der Waals surface area (Å²) in [6.45, 7) is 1.72. The number of rotatable bonds is 5. The van der Waals surface area contributed by atoms with Gasteiger partial charge in [0, 0.05) is 31.0 Å². The quantitative estimate of drug-likeness (QED) is 0.426. The van der Waals surface area contributed by atoms with Gasteiger partial charge in [0.1, 0.15) is 0 Å². The summed E-state index contributed by atoms with van der Waals surface area (Å²) in [6, 6.07) is 11.6. The standard InChI is InChI=1S/C26H28N2O4/c1-15(29)32-24-8-6-21(22-7-9-25(31)28-26(22)24)23(30)14-27-20-12-18-10-16-4-2-3-5-17(16)11-19(18)13-20/h6-11,20,23,27,30H,2-5,12-14H2,1H3,(H,28,31)/t23-/m1/s1. The molecule has 2 aliphatic carbocycles. The molecule has 3 aromatic rings. The highest BCUT2D eigenvalue weighted by Crippen LogP contribution is 2.32. The van der Waals surface area contributed by atoms with Crippen LogP contribution < -0.4 is 15.6 Å². The van der Waals surface area contributed by atoms with Crippen LogP contribution in [0, 0.1) is 0 Å². The van der Waals surface area contributed by atoms with Crippen molar-refractivity contribution in [2.75, 3.05) is 6.54 Å². The topological polar surface area (TPSA) is 91.4 Å². The molecule has 1 heterocycles. The number of aromatic amines is 1. The van der Waals surface area contributed by atoms with Gasteiger partial charge in [-0.05, 0) is 78.5 Å². The molecule has 6 heteroatoms. The third-order valence-electron chi connectivity index (χ3n) is 6.70. The van der Waals surface area contributed by atoms with Crippen LogP contribution in [-0.2, 0) is 30.5 Å². The summed E-state index contributed by atoms with van der Waals surface area (Å²) >= 11 is 0. The van der Waals surface area contributed by atoms with E-state index < -0.39 is 12.1 Å². The Morgan fingerprint density at radius 2 is 1.78 bits per heavy atom. The van der Waals surface area contributed by atoms with E-state index in [1.165, 1.54) is 60.9 Å². The maximum absolute atomic E-state index is 11.8. The maximum atomic E-state index is 11.8. The van der Waals surface area contributed by atoms with Gasteiger partial charge in [0.15, 0.2) is 5.75 Å². The number of ether oxygens (including phenoxy) is 1. The molecule has 0 aliphatic heterocycles. The Labute approximate surface area is 186 Å². The molecule has 0 radical (unpaired) electrons. The average molecular weight is 433 g/mol. The molecule has 2 aliphatic rings. The summed E-state index contributed by atoms with van der Waals surface area (Å²) in [5, 5.41) is 15.1. The van der Waals surface area contributed by atoms with Crippen LogP contribution in [0.25, 0.3) is 10.9 Å². The molecule has 0 spiro atoms. The predicted octanol–water partition coefficient (Wildman–Crippen LogP) is 3.12. The number of carbonyl (C=O) groups is 1. The van der Waals surface area contributed by atoms with Gasteiger partial charge in [0.05, 0.1) is 11.6 Å². The second-order valence-corrected chi connectivity index (χ2v) is 8.98. The number of pyridine rings is 1. The highest BCUT2D eigenvalue weighted by molar-refractivity contribution is 5.89. The van der Waals surface area contributed by atoms with E-state index in [0.717, 1.165) is 12.8 Å². The minimum Gasteiger partial charge on any atom is -0.424 e. The average Bonchev–Trinajstić information content (AvgIpc) is 3.17. The van der Waals surface area contributed by atoms with Crippen LogP contribution in [-0.4, -0.2) is 28.6 Å². The predicted molar refractivity (Wildman–Crippen MR) is 123 cm³/mol. The van der Waals surface area contributed by atoms with Gasteiger partial charge in [-0.15, -0.1) is 0 Å². The first-order valence-corrected chi connectivity index (χ1v) is 11.4. The molecular weight excluding hydrogens is 404 g/mol. The number of aliphatic hydroxyl groups excluding tert-OH is 1. The summed E-state index contributed by atoms with van der Waals surface area (Å²) in [7, 11) is 0. The Morgan fingerprint density at radius 3 is 2.44 bits per heavy atom. The fourth-order valence-electron chi connectivity index (χ4n) is 5.18. The van der Waals surface area contributed by atoms with E-state index in [0.29, 0.717) is 29.1 Å². The lowest BCUT2D eigenvalue weighted by Crippen LogP contribution is -2.33. The molecule has 2 aromatic carbocycles. The van der Waals surface area contributed by atoms with E-state index in [1.807, 2.05) is 0 Å². The van der Waals surface area contributed by atoms with E-state index in [9.17, 15) is 14.7 Å². The van der Waals surface area contributed by atoms with Gasteiger partial charge in [-0.2, -0.15) is 0 Å². The van der Waals surface area contributed by atoms with Crippen LogP contribution in [0.1, 0.15) is 53.7 Å². The largest absolute Gasteiger partial charge is 0.424 e. The summed E-state index contributed by atoms with van der Waals surface area (Å²) < 4.78 is 5.23. The van der Waals surface area contributed by atoms with Crippen molar-refractivity contribution in [3.63, 3.8) is 0 Å². The van der Waals surface area contributed by atoms with Crippen molar-refractivity contribution < 1.29 is 14.6 Å². The van der Waals surface area contributed by atoms with Crippen LogP contribution in [0.2, 0.25) is 0 Å². The molecule has 0 amide bonds. The van der Waals surface area contributed by atoms with Gasteiger partial charge in [-0.3, -0.25) is 9.59 Å². The molecular formula is C26H28N2O4. The molecule has 0 bridgehead atoms. The lowest BCUT2D eigenvalue weighted by Gasteiger charge is -2.18. The normalized spacial score (nSPS) is 16.6. The number of hydrogen-bond donors (Lipinski definition) is 3. The Morgan fingerprint density at radius 1 is 1.09 bits per heavy atom. The fraction of sp³-hybridized carbons (Fsp3) is 0.385. The number of fused-ring (bicyclic) bond motifs is 3. The smallest absolute Gasteiger partial charge is 0.308 e. The molecule has 3 N–H and O–H groups in total. The highest BCUT2D eigenvalue weighted by atomic mass is 16.5. The number of H-pyrrole nitrogens is 1. The number of hydrogen-bond acceptors (Lipinski definition) is 5. The fourth-order valence-corrected chi connectivity index (χ4v) is 5.18. The zero-order valence-corrected chi connectivity index (χ0v) is 18.2. The molecule has 0 saturated carbocycles. The van der Waals surface area contributed by atoms with Crippen molar-refractivity contribution in [3.05, 3.63) is 74.6 Å². The second kappa shape index (κ2) is 8.52. The number of benzene rings is 2. The molecule has 1 aromatic heterocycles. The van der Waals surface area contributed by atoms with Crippen molar-refractivity contribution in [1.82, 2.24) is 10.3 Å². The van der Waals surface area contributed by atoms with Gasteiger partial charge in [-0.25, -0.2) is 0 Å². The zero-order chi connectivity index (χ0) is 22.2. The first-order valence-electron chi connectivity index (χ1n) is 11.4. The molecule has 6 nitrogen and oxygen atoms in total. The van der Waals surface area contributed by atoms with Crippen molar-refractivity contribution >= 4 is 16.9 Å². The minimum atomic E-state index is -0.758. The summed E-state index contributed by atoms with van der Waals surface area (Å²) in [4.78, 5) is 26.0. The zero-order valence-electron chi connectivity index (χ0n) is 18.2. The second-order valence-electron chi connectivity index (χ2n) is 8.98. The van der Waals surface area contributed by atoms with Crippen molar-refractivity contribution in [3.8, 4) is 5.75 Å². The maximum Gasteiger partial charge on any atom is 0.308 e. The molecule has 32 heavy (non-hydrogen) atoms. The lowest BCUT2D eigenvalue weighted by molar-refractivity contribution is -0.131. The van der Waals surface area contributed by atoms with Gasteiger partial charge in [0.25, 0.3) is 0 Å². The van der Waals surface area contributed by atoms with Crippen LogP contribution in [0.15, 0.2) is 41.2 Å². The SMILES string of the molecule is CC(=O)Oc1ccc([C@H](O)CNC2Cc3cc4c(cc3C2)CCCC4)c2ccc(=O)[nH]c12. The summed E-state index contributed by atoms with van der Waals surface area (Å²) in [5.74, 6) is -0.183. The van der Waals surface area contributed by atoms with Gasteiger partial charge in [-0.1, -0.05) is 18.2 Å². The number of aliphatic hydroxyl groups is 1. The van der Waals surface area contributed by atoms with Crippen LogP contribution in [0.5, 0.6) is 5.75 Å². The van der Waals surface area contributed by atoms with Crippen molar-refractivity contribution in [1.29, 1.82) is 0 Å². The monoisotopic (exact) mass is 432 g/mol. The Balaban J connectivity index is 1.32. The van der Waals surface area contributed by atoms with E-state index >= 15 is 0 Å². The molecule has 5 rings (SSSR count). The lowest BCUT2D eigenvalue weighted by atomic mass is 9.89. The van der Waals surface area contributed by atoms with E-state index in [-0.39, 0.29) is 11.3 Å². The van der Waals surface area contributed by atoms with Crippen LogP contribution in [0.4, 0.5) is 0 Å². The van der Waals surface area contributed by atoms with Crippen LogP contribution >= 0.6 is 0 Å². The van der Waals surface area contributed by atoms with Gasteiger partial charge >= 0.3 is 5.97 Å². The van der Waals surface area contributed by atoms with Gasteiger partial charge < -0.3 is 20.1 Å². The Kier molecular flexibility index (Phi) is 5.57. The number of aryl methyl sites for hydroxylation is 2. The van der Waals surface area contributed by atoms with E-state index in [2.05, 4.69) is 22.4 Å². The molecule has 1 atom stereocenters. The first-order chi connectivity index (χ1) is 15.5. The number of aromatic nitrogens is 1.